The first kappa shape index (κ1) is 22.4. The molecule has 3 rings (SSSR count). The lowest BCUT2D eigenvalue weighted by atomic mass is 10.2. The van der Waals surface area contributed by atoms with Crippen LogP contribution in [0.15, 0.2) is 42.5 Å². The highest BCUT2D eigenvalue weighted by atomic mass is 35.5. The molecule has 1 heterocycles. The Kier molecular flexibility index (Phi) is 6.65. The zero-order valence-electron chi connectivity index (χ0n) is 17.2. The van der Waals surface area contributed by atoms with Crippen LogP contribution in [0.5, 0.6) is 5.75 Å². The Bertz CT molecular complexity index is 999. The minimum atomic E-state index is -1.03. The lowest BCUT2D eigenvalue weighted by Gasteiger charge is -2.40. The number of rotatable bonds is 6. The number of hydrogen-bond acceptors (Lipinski definition) is 5. The molecule has 5 amide bonds. The van der Waals surface area contributed by atoms with Crippen molar-refractivity contribution in [3.63, 3.8) is 0 Å². The summed E-state index contributed by atoms with van der Waals surface area (Å²) in [6, 6.07) is 9.32. The van der Waals surface area contributed by atoms with E-state index in [-0.39, 0.29) is 18.4 Å². The lowest BCUT2D eigenvalue weighted by Crippen LogP contribution is -2.67. The molecule has 164 valence electrons. The molecule has 1 unspecified atom stereocenters. The maximum Gasteiger partial charge on any atom is 0.338 e. The summed E-state index contributed by atoms with van der Waals surface area (Å²) < 4.78 is 19.8. The fraction of sp³-hybridized carbons (Fsp3) is 0.286. The Morgan fingerprint density at radius 3 is 2.48 bits per heavy atom. The molecule has 1 saturated heterocycles. The monoisotopic (exact) mass is 448 g/mol. The summed E-state index contributed by atoms with van der Waals surface area (Å²) in [5, 5.41) is 6.00. The van der Waals surface area contributed by atoms with Gasteiger partial charge in [0, 0.05) is 23.7 Å². The summed E-state index contributed by atoms with van der Waals surface area (Å²) in [5.41, 5.74) is 1.03. The third kappa shape index (κ3) is 5.24. The molecule has 8 nitrogen and oxygen atoms in total. The maximum atomic E-state index is 14.4. The first-order chi connectivity index (χ1) is 14.7. The molecule has 0 aromatic heterocycles. The summed E-state index contributed by atoms with van der Waals surface area (Å²) in [4.78, 5) is 38.8. The van der Waals surface area contributed by atoms with Crippen molar-refractivity contribution >= 4 is 35.3 Å². The van der Waals surface area contributed by atoms with Crippen LogP contribution in [-0.4, -0.2) is 40.2 Å². The molecule has 2 aromatic carbocycles. The molecule has 2 N–H and O–H groups in total. The zero-order chi connectivity index (χ0) is 22.7. The Balaban J connectivity index is 1.87. The molecule has 31 heavy (non-hydrogen) atoms. The van der Waals surface area contributed by atoms with Crippen LogP contribution in [-0.2, 0) is 11.3 Å². The number of carbonyl (C=O) groups is 3. The standard InChI is InChI=1S/C21H22ClFN4O4/c1-12(2)31-18-9-8-16(10-17(18)23)24-19-25-20(29)27(13(3)28)21(30)26(19)11-14-4-6-15(22)7-5-14/h4-10,12,19,24H,11H2,1-3H3,(H,25,29). The van der Waals surface area contributed by atoms with E-state index >= 15 is 0 Å². The summed E-state index contributed by atoms with van der Waals surface area (Å²) in [6.45, 7) is 4.75. The van der Waals surface area contributed by atoms with Gasteiger partial charge in [-0.25, -0.2) is 14.0 Å². The van der Waals surface area contributed by atoms with Crippen molar-refractivity contribution in [2.75, 3.05) is 5.32 Å². The van der Waals surface area contributed by atoms with Gasteiger partial charge < -0.3 is 10.1 Å². The minimum absolute atomic E-state index is 0.0642. The fourth-order valence-electron chi connectivity index (χ4n) is 3.02. The van der Waals surface area contributed by atoms with Crippen LogP contribution in [0.1, 0.15) is 26.3 Å². The van der Waals surface area contributed by atoms with Gasteiger partial charge in [0.1, 0.15) is 0 Å². The molecule has 2 aromatic rings. The summed E-state index contributed by atoms with van der Waals surface area (Å²) in [5.74, 6) is -1.23. The van der Waals surface area contributed by atoms with Crippen LogP contribution in [0, 0.1) is 5.82 Å². The van der Waals surface area contributed by atoms with Crippen molar-refractivity contribution in [3.8, 4) is 5.75 Å². The second-order valence-electron chi connectivity index (χ2n) is 7.20. The Morgan fingerprint density at radius 1 is 1.23 bits per heavy atom. The van der Waals surface area contributed by atoms with Gasteiger partial charge in [-0.05, 0) is 43.7 Å². The average molecular weight is 449 g/mol. The van der Waals surface area contributed by atoms with E-state index in [4.69, 9.17) is 16.3 Å². The molecule has 1 aliphatic rings. The topological polar surface area (TPSA) is 91.0 Å². The summed E-state index contributed by atoms with van der Waals surface area (Å²) in [6.07, 6.45) is -1.22. The first-order valence-corrected chi connectivity index (χ1v) is 9.92. The molecule has 1 fully saturated rings. The number of amides is 5. The first-order valence-electron chi connectivity index (χ1n) is 9.54. The van der Waals surface area contributed by atoms with Crippen LogP contribution >= 0.6 is 11.6 Å². The van der Waals surface area contributed by atoms with Crippen molar-refractivity contribution < 1.29 is 23.5 Å². The smallest absolute Gasteiger partial charge is 0.338 e. The van der Waals surface area contributed by atoms with Crippen molar-refractivity contribution in [3.05, 3.63) is 58.9 Å². The molecule has 0 spiro atoms. The van der Waals surface area contributed by atoms with Gasteiger partial charge in [-0.1, -0.05) is 23.7 Å². The number of halogens is 2. The van der Waals surface area contributed by atoms with Gasteiger partial charge in [-0.15, -0.1) is 0 Å². The molecule has 1 atom stereocenters. The second-order valence-corrected chi connectivity index (χ2v) is 7.64. The third-order valence-electron chi connectivity index (χ3n) is 4.39. The van der Waals surface area contributed by atoms with E-state index in [1.165, 1.54) is 17.0 Å². The van der Waals surface area contributed by atoms with Crippen LogP contribution < -0.4 is 15.4 Å². The van der Waals surface area contributed by atoms with E-state index in [1.54, 1.807) is 44.2 Å². The van der Waals surface area contributed by atoms with Crippen LogP contribution in [0.3, 0.4) is 0 Å². The Labute approximate surface area is 183 Å². The highest BCUT2D eigenvalue weighted by molar-refractivity contribution is 6.30. The van der Waals surface area contributed by atoms with Crippen molar-refractivity contribution in [2.45, 2.75) is 39.7 Å². The number of nitrogens with zero attached hydrogens (tertiary/aromatic N) is 2. The van der Waals surface area contributed by atoms with Gasteiger partial charge in [0.2, 0.25) is 5.91 Å². The molecule has 0 saturated carbocycles. The fourth-order valence-corrected chi connectivity index (χ4v) is 3.15. The molecule has 0 radical (unpaired) electrons. The summed E-state index contributed by atoms with van der Waals surface area (Å²) >= 11 is 5.91. The third-order valence-corrected chi connectivity index (χ3v) is 4.64. The van der Waals surface area contributed by atoms with Crippen molar-refractivity contribution in [1.82, 2.24) is 15.1 Å². The van der Waals surface area contributed by atoms with Gasteiger partial charge >= 0.3 is 12.1 Å². The van der Waals surface area contributed by atoms with Gasteiger partial charge in [0.05, 0.1) is 12.6 Å². The van der Waals surface area contributed by atoms with Gasteiger partial charge in [0.25, 0.3) is 0 Å². The normalized spacial score (nSPS) is 16.4. The molecular formula is C21H22ClFN4O4. The van der Waals surface area contributed by atoms with E-state index in [2.05, 4.69) is 10.6 Å². The van der Waals surface area contributed by atoms with Gasteiger partial charge in [-0.2, -0.15) is 4.90 Å². The number of carbonyl (C=O) groups excluding carboxylic acids is 3. The van der Waals surface area contributed by atoms with Crippen molar-refractivity contribution in [2.24, 2.45) is 0 Å². The molecule has 0 aliphatic carbocycles. The number of anilines is 1. The van der Waals surface area contributed by atoms with E-state index in [0.717, 1.165) is 12.5 Å². The minimum Gasteiger partial charge on any atom is -0.488 e. The molecular weight excluding hydrogens is 427 g/mol. The van der Waals surface area contributed by atoms with Gasteiger partial charge in [-0.3, -0.25) is 15.0 Å². The SMILES string of the molecule is CC(=O)N1C(=O)NC(Nc2ccc(OC(C)C)c(F)c2)N(Cc2ccc(Cl)cc2)C1=O. The highest BCUT2D eigenvalue weighted by Gasteiger charge is 2.40. The predicted octanol–water partition coefficient (Wildman–Crippen LogP) is 4.16. The second kappa shape index (κ2) is 9.22. The van der Waals surface area contributed by atoms with E-state index in [9.17, 15) is 18.8 Å². The van der Waals surface area contributed by atoms with Crippen LogP contribution in [0.2, 0.25) is 5.02 Å². The zero-order valence-corrected chi connectivity index (χ0v) is 17.9. The molecule has 1 aliphatic heterocycles. The number of urea groups is 2. The van der Waals surface area contributed by atoms with Crippen molar-refractivity contribution in [1.29, 1.82) is 0 Å². The van der Waals surface area contributed by atoms with E-state index in [0.29, 0.717) is 15.6 Å². The average Bonchev–Trinajstić information content (AvgIpc) is 2.68. The maximum absolute atomic E-state index is 14.4. The van der Waals surface area contributed by atoms with E-state index in [1.807, 2.05) is 0 Å². The number of ether oxygens (including phenoxy) is 1. The largest absolute Gasteiger partial charge is 0.488 e. The van der Waals surface area contributed by atoms with Crippen LogP contribution in [0.4, 0.5) is 19.7 Å². The summed E-state index contributed by atoms with van der Waals surface area (Å²) in [7, 11) is 0. The van der Waals surface area contributed by atoms with Crippen LogP contribution in [0.25, 0.3) is 0 Å². The van der Waals surface area contributed by atoms with Gasteiger partial charge in [0.15, 0.2) is 17.9 Å². The predicted molar refractivity (Wildman–Crippen MR) is 113 cm³/mol. The number of benzene rings is 2. The quantitative estimate of drug-likeness (QED) is 0.692. The molecule has 0 bridgehead atoms. The highest BCUT2D eigenvalue weighted by Crippen LogP contribution is 2.24. The number of hydrogen-bond donors (Lipinski definition) is 2. The Morgan fingerprint density at radius 2 is 1.90 bits per heavy atom. The van der Waals surface area contributed by atoms with E-state index < -0.39 is 30.1 Å². The Hall–Kier alpha value is -3.33. The number of nitrogens with one attached hydrogen (secondary N) is 2. The molecule has 10 heteroatoms. The lowest BCUT2D eigenvalue weighted by molar-refractivity contribution is -0.124. The number of imide groups is 3.